The standard InChI is InChI=1S/C27H32N2O3/c1-5-20-6-10-22(11-7-20)29-26(30)24(21-8-12-23(13-9-21)32-18(2)3)25(27(29)31)28-16-14-19(4)15-17-28/h6-13,18-19H,5,14-17H2,1-4H3. The van der Waals surface area contributed by atoms with Crippen LogP contribution in [0, 0.1) is 5.92 Å². The number of rotatable bonds is 6. The topological polar surface area (TPSA) is 49.9 Å². The maximum Gasteiger partial charge on any atom is 0.282 e. The Bertz CT molecular complexity index is 1010. The molecule has 1 fully saturated rings. The second kappa shape index (κ2) is 9.19. The molecule has 2 aromatic carbocycles. The van der Waals surface area contributed by atoms with Crippen molar-refractivity contribution < 1.29 is 14.3 Å². The first-order chi connectivity index (χ1) is 15.4. The lowest BCUT2D eigenvalue weighted by Crippen LogP contribution is -2.38. The fraction of sp³-hybridized carbons (Fsp3) is 0.407. The van der Waals surface area contributed by atoms with E-state index in [1.165, 1.54) is 10.5 Å². The summed E-state index contributed by atoms with van der Waals surface area (Å²) in [4.78, 5) is 30.7. The Morgan fingerprint density at radius 3 is 2.12 bits per heavy atom. The average molecular weight is 433 g/mol. The van der Waals surface area contributed by atoms with Gasteiger partial charge in [0.1, 0.15) is 11.4 Å². The van der Waals surface area contributed by atoms with E-state index in [-0.39, 0.29) is 17.9 Å². The van der Waals surface area contributed by atoms with Crippen LogP contribution in [0.15, 0.2) is 54.2 Å². The summed E-state index contributed by atoms with van der Waals surface area (Å²) >= 11 is 0. The molecule has 0 N–H and O–H groups in total. The molecule has 0 aromatic heterocycles. The lowest BCUT2D eigenvalue weighted by Gasteiger charge is -2.32. The van der Waals surface area contributed by atoms with Crippen LogP contribution in [0.5, 0.6) is 5.75 Å². The number of benzene rings is 2. The number of likely N-dealkylation sites (tertiary alicyclic amines) is 1. The van der Waals surface area contributed by atoms with Crippen molar-refractivity contribution in [3.05, 3.63) is 65.4 Å². The van der Waals surface area contributed by atoms with Crippen LogP contribution in [-0.2, 0) is 16.0 Å². The molecular formula is C27H32N2O3. The first kappa shape index (κ1) is 22.1. The second-order valence-electron chi connectivity index (χ2n) is 9.05. The van der Waals surface area contributed by atoms with E-state index in [1.807, 2.05) is 62.4 Å². The number of amides is 2. The van der Waals surface area contributed by atoms with E-state index in [0.717, 1.165) is 43.7 Å². The van der Waals surface area contributed by atoms with Gasteiger partial charge in [-0.2, -0.15) is 0 Å². The number of aryl methyl sites for hydroxylation is 1. The number of hydrogen-bond acceptors (Lipinski definition) is 4. The van der Waals surface area contributed by atoms with E-state index < -0.39 is 0 Å². The molecule has 32 heavy (non-hydrogen) atoms. The van der Waals surface area contributed by atoms with Gasteiger partial charge >= 0.3 is 0 Å². The van der Waals surface area contributed by atoms with Gasteiger partial charge < -0.3 is 9.64 Å². The molecule has 0 saturated carbocycles. The van der Waals surface area contributed by atoms with Crippen LogP contribution in [0.1, 0.15) is 51.7 Å². The molecule has 5 heteroatoms. The third kappa shape index (κ3) is 4.29. The largest absolute Gasteiger partial charge is 0.491 e. The van der Waals surface area contributed by atoms with Crippen LogP contribution in [-0.4, -0.2) is 35.9 Å². The van der Waals surface area contributed by atoms with Gasteiger partial charge in [0.2, 0.25) is 0 Å². The molecule has 0 unspecified atom stereocenters. The fourth-order valence-corrected chi connectivity index (χ4v) is 4.39. The number of hydrogen-bond donors (Lipinski definition) is 0. The molecule has 2 aliphatic rings. The smallest absolute Gasteiger partial charge is 0.282 e. The maximum absolute atomic E-state index is 13.6. The molecule has 2 amide bonds. The molecule has 2 aliphatic heterocycles. The van der Waals surface area contributed by atoms with E-state index in [0.29, 0.717) is 22.9 Å². The zero-order chi connectivity index (χ0) is 22.8. The maximum atomic E-state index is 13.6. The molecule has 0 bridgehead atoms. The molecule has 2 heterocycles. The number of imide groups is 1. The highest BCUT2D eigenvalue weighted by Gasteiger charge is 2.42. The highest BCUT2D eigenvalue weighted by atomic mass is 16.5. The predicted octanol–water partition coefficient (Wildman–Crippen LogP) is 5.05. The molecule has 5 nitrogen and oxygen atoms in total. The zero-order valence-electron chi connectivity index (χ0n) is 19.4. The average Bonchev–Trinajstić information content (AvgIpc) is 3.04. The van der Waals surface area contributed by atoms with Gasteiger partial charge in [0.05, 0.1) is 17.4 Å². The summed E-state index contributed by atoms with van der Waals surface area (Å²) in [6, 6.07) is 15.2. The Hall–Kier alpha value is -3.08. The van der Waals surface area contributed by atoms with Crippen LogP contribution < -0.4 is 9.64 Å². The highest BCUT2D eigenvalue weighted by molar-refractivity contribution is 6.45. The fourth-order valence-electron chi connectivity index (χ4n) is 4.39. The van der Waals surface area contributed by atoms with Crippen molar-refractivity contribution in [1.29, 1.82) is 0 Å². The Morgan fingerprint density at radius 2 is 1.56 bits per heavy atom. The minimum absolute atomic E-state index is 0.0715. The number of carbonyl (C=O) groups excluding carboxylic acids is 2. The number of carbonyl (C=O) groups is 2. The summed E-state index contributed by atoms with van der Waals surface area (Å²) in [7, 11) is 0. The van der Waals surface area contributed by atoms with Crippen molar-refractivity contribution in [3.8, 4) is 5.75 Å². The molecule has 2 aromatic rings. The number of nitrogens with zero attached hydrogens (tertiary/aromatic N) is 2. The lowest BCUT2D eigenvalue weighted by atomic mass is 9.97. The summed E-state index contributed by atoms with van der Waals surface area (Å²) in [6.45, 7) is 9.86. The number of anilines is 1. The molecule has 1 saturated heterocycles. The van der Waals surface area contributed by atoms with E-state index in [4.69, 9.17) is 4.74 Å². The summed E-state index contributed by atoms with van der Waals surface area (Å²) in [6.07, 6.45) is 3.02. The van der Waals surface area contributed by atoms with Crippen molar-refractivity contribution in [2.45, 2.75) is 53.1 Å². The van der Waals surface area contributed by atoms with Crippen molar-refractivity contribution in [1.82, 2.24) is 4.90 Å². The van der Waals surface area contributed by atoms with Gasteiger partial charge in [-0.25, -0.2) is 4.90 Å². The van der Waals surface area contributed by atoms with Gasteiger partial charge in [0, 0.05) is 13.1 Å². The third-order valence-corrected chi connectivity index (χ3v) is 6.28. The summed E-state index contributed by atoms with van der Waals surface area (Å²) in [5, 5.41) is 0. The normalized spacial score (nSPS) is 17.7. The van der Waals surface area contributed by atoms with Crippen LogP contribution in [0.25, 0.3) is 5.57 Å². The monoisotopic (exact) mass is 432 g/mol. The van der Waals surface area contributed by atoms with Crippen molar-refractivity contribution in [2.75, 3.05) is 18.0 Å². The highest BCUT2D eigenvalue weighted by Crippen LogP contribution is 2.37. The zero-order valence-corrected chi connectivity index (χ0v) is 19.4. The number of ether oxygens (including phenoxy) is 1. The minimum atomic E-state index is -0.259. The summed E-state index contributed by atoms with van der Waals surface area (Å²) in [5.41, 5.74) is 3.56. The van der Waals surface area contributed by atoms with Gasteiger partial charge in [0.25, 0.3) is 11.8 Å². The van der Waals surface area contributed by atoms with Gasteiger partial charge in [-0.15, -0.1) is 0 Å². The molecule has 0 spiro atoms. The Morgan fingerprint density at radius 1 is 0.938 bits per heavy atom. The van der Waals surface area contributed by atoms with Crippen molar-refractivity contribution in [3.63, 3.8) is 0 Å². The molecular weight excluding hydrogens is 400 g/mol. The van der Waals surface area contributed by atoms with E-state index in [2.05, 4.69) is 18.7 Å². The molecule has 4 rings (SSSR count). The lowest BCUT2D eigenvalue weighted by molar-refractivity contribution is -0.120. The third-order valence-electron chi connectivity index (χ3n) is 6.28. The minimum Gasteiger partial charge on any atom is -0.491 e. The Balaban J connectivity index is 1.74. The van der Waals surface area contributed by atoms with Crippen molar-refractivity contribution in [2.24, 2.45) is 5.92 Å². The Labute approximate surface area is 190 Å². The second-order valence-corrected chi connectivity index (χ2v) is 9.05. The Kier molecular flexibility index (Phi) is 6.35. The van der Waals surface area contributed by atoms with Crippen LogP contribution in [0.3, 0.4) is 0 Å². The van der Waals surface area contributed by atoms with Gasteiger partial charge in [0.15, 0.2) is 0 Å². The molecule has 0 atom stereocenters. The van der Waals surface area contributed by atoms with Crippen molar-refractivity contribution >= 4 is 23.1 Å². The predicted molar refractivity (Wildman–Crippen MR) is 127 cm³/mol. The van der Waals surface area contributed by atoms with E-state index in [1.54, 1.807) is 0 Å². The van der Waals surface area contributed by atoms with Gasteiger partial charge in [-0.3, -0.25) is 9.59 Å². The molecule has 168 valence electrons. The molecule has 0 radical (unpaired) electrons. The first-order valence-electron chi connectivity index (χ1n) is 11.6. The van der Waals surface area contributed by atoms with Crippen LogP contribution in [0.2, 0.25) is 0 Å². The molecule has 0 aliphatic carbocycles. The quantitative estimate of drug-likeness (QED) is 0.599. The van der Waals surface area contributed by atoms with E-state index in [9.17, 15) is 9.59 Å². The summed E-state index contributed by atoms with van der Waals surface area (Å²) < 4.78 is 5.76. The van der Waals surface area contributed by atoms with Crippen LogP contribution in [0.4, 0.5) is 5.69 Å². The van der Waals surface area contributed by atoms with Crippen LogP contribution >= 0.6 is 0 Å². The summed E-state index contributed by atoms with van der Waals surface area (Å²) in [5.74, 6) is 0.894. The first-order valence-corrected chi connectivity index (χ1v) is 11.6. The van der Waals surface area contributed by atoms with Gasteiger partial charge in [-0.1, -0.05) is 38.1 Å². The number of piperidine rings is 1. The van der Waals surface area contributed by atoms with Gasteiger partial charge in [-0.05, 0) is 74.4 Å². The SMILES string of the molecule is CCc1ccc(N2C(=O)C(c3ccc(OC(C)C)cc3)=C(N3CCC(C)CC3)C2=O)cc1. The van der Waals surface area contributed by atoms with E-state index >= 15 is 0 Å².